The SMILES string of the molecule is CC1CC(c2ccc(C(F)(F)F)cc2C(F)(F)F)=Cc2c1n(-c1cccc3c1C(=O)N(c1ccc(-c4ccccc4)cc1)C3=O)c1ccccc21. The number of carbonyl (C=O) groups excluding carboxylic acids is 2. The highest BCUT2D eigenvalue weighted by atomic mass is 19.4. The van der Waals surface area contributed by atoms with Crippen LogP contribution in [0.15, 0.2) is 115 Å². The summed E-state index contributed by atoms with van der Waals surface area (Å²) in [5.74, 6) is -1.42. The third-order valence-corrected chi connectivity index (χ3v) is 9.63. The van der Waals surface area contributed by atoms with E-state index in [1.54, 1.807) is 48.5 Å². The normalized spacial score (nSPS) is 16.0. The predicted octanol–water partition coefficient (Wildman–Crippen LogP) is 11.2. The summed E-state index contributed by atoms with van der Waals surface area (Å²) in [5.41, 5.74) is 2.32. The molecule has 2 aliphatic rings. The van der Waals surface area contributed by atoms with Crippen LogP contribution in [0.3, 0.4) is 0 Å². The van der Waals surface area contributed by atoms with Crippen LogP contribution in [-0.4, -0.2) is 16.4 Å². The number of rotatable bonds is 4. The molecule has 2 heterocycles. The highest BCUT2D eigenvalue weighted by molar-refractivity contribution is 6.35. The first-order valence-corrected chi connectivity index (χ1v) is 16.1. The van der Waals surface area contributed by atoms with Crippen molar-refractivity contribution in [3.63, 3.8) is 0 Å². The van der Waals surface area contributed by atoms with E-state index >= 15 is 0 Å². The Morgan fingerprint density at radius 3 is 2.06 bits per heavy atom. The quantitative estimate of drug-likeness (QED) is 0.136. The molecule has 1 atom stereocenters. The van der Waals surface area contributed by atoms with E-state index in [1.165, 1.54) is 0 Å². The lowest BCUT2D eigenvalue weighted by atomic mass is 9.83. The van der Waals surface area contributed by atoms with E-state index < -0.39 is 41.2 Å². The number of amides is 2. The van der Waals surface area contributed by atoms with Gasteiger partial charge in [0.15, 0.2) is 0 Å². The van der Waals surface area contributed by atoms with Crippen LogP contribution in [0.2, 0.25) is 0 Å². The zero-order valence-electron chi connectivity index (χ0n) is 26.8. The summed E-state index contributed by atoms with van der Waals surface area (Å²) >= 11 is 0. The van der Waals surface area contributed by atoms with Gasteiger partial charge in [-0.2, -0.15) is 26.3 Å². The second-order valence-electron chi connectivity index (χ2n) is 12.7. The molecule has 2 amide bonds. The van der Waals surface area contributed by atoms with Crippen molar-refractivity contribution in [2.75, 3.05) is 4.90 Å². The fourth-order valence-electron chi connectivity index (χ4n) is 7.39. The lowest BCUT2D eigenvalue weighted by Crippen LogP contribution is -2.29. The molecule has 1 aromatic heterocycles. The molecule has 254 valence electrons. The summed E-state index contributed by atoms with van der Waals surface area (Å²) in [6.07, 6.45) is -8.29. The van der Waals surface area contributed by atoms with E-state index in [1.807, 2.05) is 66.1 Å². The van der Waals surface area contributed by atoms with E-state index in [0.29, 0.717) is 39.6 Å². The molecular formula is C41H26F6N2O2. The third-order valence-electron chi connectivity index (χ3n) is 9.63. The van der Waals surface area contributed by atoms with Crippen molar-refractivity contribution >= 4 is 40.1 Å². The second kappa shape index (κ2) is 11.6. The minimum Gasteiger partial charge on any atom is -0.312 e. The number of aromatic nitrogens is 1. The number of halogens is 6. The predicted molar refractivity (Wildman–Crippen MR) is 184 cm³/mol. The molecule has 6 aromatic rings. The zero-order valence-corrected chi connectivity index (χ0v) is 26.8. The van der Waals surface area contributed by atoms with Gasteiger partial charge in [0, 0.05) is 22.6 Å². The maximum atomic E-state index is 14.2. The minimum absolute atomic E-state index is 0.0829. The number of alkyl halides is 6. The molecule has 0 saturated carbocycles. The van der Waals surface area contributed by atoms with Crippen LogP contribution in [-0.2, 0) is 12.4 Å². The van der Waals surface area contributed by atoms with Gasteiger partial charge < -0.3 is 4.57 Å². The van der Waals surface area contributed by atoms with Gasteiger partial charge in [-0.05, 0) is 77.2 Å². The average Bonchev–Trinajstić information content (AvgIpc) is 3.59. The van der Waals surface area contributed by atoms with Gasteiger partial charge in [0.05, 0.1) is 39.1 Å². The third kappa shape index (κ3) is 5.24. The molecule has 1 aliphatic heterocycles. The number of para-hydroxylation sites is 1. The monoisotopic (exact) mass is 692 g/mol. The molecule has 8 rings (SSSR count). The summed E-state index contributed by atoms with van der Waals surface area (Å²) in [6, 6.07) is 30.8. The van der Waals surface area contributed by atoms with Gasteiger partial charge in [0.2, 0.25) is 0 Å². The Morgan fingerprint density at radius 2 is 1.35 bits per heavy atom. The first-order chi connectivity index (χ1) is 24.3. The fourth-order valence-corrected chi connectivity index (χ4v) is 7.39. The van der Waals surface area contributed by atoms with Crippen molar-refractivity contribution in [1.82, 2.24) is 4.57 Å². The van der Waals surface area contributed by atoms with Crippen LogP contribution in [0.25, 0.3) is 39.4 Å². The second-order valence-corrected chi connectivity index (χ2v) is 12.7. The van der Waals surface area contributed by atoms with Crippen LogP contribution >= 0.6 is 0 Å². The first-order valence-electron chi connectivity index (χ1n) is 16.1. The lowest BCUT2D eigenvalue weighted by molar-refractivity contribution is -0.143. The number of anilines is 1. The number of carbonyl (C=O) groups is 2. The summed E-state index contributed by atoms with van der Waals surface area (Å²) < 4.78 is 84.9. The Kier molecular flexibility index (Phi) is 7.34. The zero-order chi connectivity index (χ0) is 35.8. The van der Waals surface area contributed by atoms with Crippen molar-refractivity contribution in [1.29, 1.82) is 0 Å². The van der Waals surface area contributed by atoms with Crippen LogP contribution < -0.4 is 4.90 Å². The number of fused-ring (bicyclic) bond motifs is 4. The van der Waals surface area contributed by atoms with Crippen molar-refractivity contribution in [2.45, 2.75) is 31.6 Å². The number of hydrogen-bond donors (Lipinski definition) is 0. The molecule has 0 N–H and O–H groups in total. The van der Waals surface area contributed by atoms with Gasteiger partial charge in [-0.3, -0.25) is 9.59 Å². The Balaban J connectivity index is 1.26. The van der Waals surface area contributed by atoms with Crippen LogP contribution in [0, 0.1) is 0 Å². The van der Waals surface area contributed by atoms with Gasteiger partial charge in [0.1, 0.15) is 0 Å². The highest BCUT2D eigenvalue weighted by Gasteiger charge is 2.42. The van der Waals surface area contributed by atoms with Gasteiger partial charge in [-0.25, -0.2) is 4.90 Å². The van der Waals surface area contributed by atoms with Crippen LogP contribution in [0.1, 0.15) is 67.9 Å². The van der Waals surface area contributed by atoms with Gasteiger partial charge >= 0.3 is 12.4 Å². The Hall–Kier alpha value is -5.90. The van der Waals surface area contributed by atoms with Crippen molar-refractivity contribution < 1.29 is 35.9 Å². The molecule has 51 heavy (non-hydrogen) atoms. The Bertz CT molecular complexity index is 2420. The molecule has 1 unspecified atom stereocenters. The van der Waals surface area contributed by atoms with Crippen molar-refractivity contribution in [3.8, 4) is 16.8 Å². The summed E-state index contributed by atoms with van der Waals surface area (Å²) in [5, 5.41) is 0.680. The van der Waals surface area contributed by atoms with Gasteiger partial charge in [-0.15, -0.1) is 0 Å². The van der Waals surface area contributed by atoms with E-state index in [9.17, 15) is 35.9 Å². The topological polar surface area (TPSA) is 42.3 Å². The Morgan fingerprint density at radius 1 is 0.667 bits per heavy atom. The fraction of sp³-hybridized carbons (Fsp3) is 0.122. The number of hydrogen-bond acceptors (Lipinski definition) is 2. The minimum atomic E-state index is -5.03. The Labute approximate surface area is 287 Å². The number of imide groups is 1. The van der Waals surface area contributed by atoms with E-state index in [4.69, 9.17) is 0 Å². The van der Waals surface area contributed by atoms with Gasteiger partial charge in [-0.1, -0.05) is 79.7 Å². The van der Waals surface area contributed by atoms with Crippen molar-refractivity contribution in [2.24, 2.45) is 0 Å². The van der Waals surface area contributed by atoms with E-state index in [2.05, 4.69) is 0 Å². The smallest absolute Gasteiger partial charge is 0.312 e. The molecule has 10 heteroatoms. The molecule has 0 saturated heterocycles. The summed E-state index contributed by atoms with van der Waals surface area (Å²) in [7, 11) is 0. The molecule has 1 aliphatic carbocycles. The molecule has 4 nitrogen and oxygen atoms in total. The van der Waals surface area contributed by atoms with E-state index in [0.717, 1.165) is 22.1 Å². The molecule has 0 spiro atoms. The summed E-state index contributed by atoms with van der Waals surface area (Å²) in [6.45, 7) is 1.83. The van der Waals surface area contributed by atoms with Crippen LogP contribution in [0.5, 0.6) is 0 Å². The first kappa shape index (κ1) is 32.3. The van der Waals surface area contributed by atoms with Gasteiger partial charge in [0.25, 0.3) is 11.8 Å². The number of nitrogens with zero attached hydrogens (tertiary/aromatic N) is 2. The molecule has 0 bridgehead atoms. The average molecular weight is 693 g/mol. The number of benzene rings is 5. The maximum Gasteiger partial charge on any atom is 0.417 e. The molecule has 0 fully saturated rings. The summed E-state index contributed by atoms with van der Waals surface area (Å²) in [4.78, 5) is 29.2. The largest absolute Gasteiger partial charge is 0.417 e. The standard InChI is InChI=1S/C41H26F6N2O2/c1-23-20-26(29-19-16-27(40(42,43)44)22-33(29)41(45,46)47)21-32-30-10-5-6-12-34(30)49(37(23)32)35-13-7-11-31-36(35)39(51)48(38(31)50)28-17-14-25(15-18-28)24-8-3-2-4-9-24/h2-19,21-23H,20H2,1H3. The molecule has 0 radical (unpaired) electrons. The lowest BCUT2D eigenvalue weighted by Gasteiger charge is -2.26. The van der Waals surface area contributed by atoms with Crippen LogP contribution in [0.4, 0.5) is 32.0 Å². The van der Waals surface area contributed by atoms with E-state index in [-0.39, 0.29) is 34.8 Å². The maximum absolute atomic E-state index is 14.2. The number of allylic oxidation sites excluding steroid dienone is 1. The van der Waals surface area contributed by atoms with Crippen molar-refractivity contribution in [3.05, 3.63) is 154 Å². The molecule has 5 aromatic carbocycles. The highest BCUT2D eigenvalue weighted by Crippen LogP contribution is 2.48. The molecular weight excluding hydrogens is 666 g/mol.